The highest BCUT2D eigenvalue weighted by Gasteiger charge is 2.23. The van der Waals surface area contributed by atoms with Crippen molar-refractivity contribution in [2.45, 2.75) is 40.2 Å². The van der Waals surface area contributed by atoms with Crippen LogP contribution < -0.4 is 9.67 Å². The largest absolute Gasteiger partial charge is 0.543 e. The first-order chi connectivity index (χ1) is 6.97. The van der Waals surface area contributed by atoms with Crippen molar-refractivity contribution in [3.63, 3.8) is 0 Å². The van der Waals surface area contributed by atoms with E-state index in [0.717, 1.165) is 17.0 Å². The maximum absolute atomic E-state index is 11.0. The predicted molar refractivity (Wildman–Crippen MR) is 55.2 cm³/mol. The number of aliphatic carboxylic acids is 1. The lowest BCUT2D eigenvalue weighted by atomic mass is 10.1. The number of rotatable bonds is 3. The average molecular weight is 207 g/mol. The zero-order valence-corrected chi connectivity index (χ0v) is 9.70. The van der Waals surface area contributed by atoms with Gasteiger partial charge in [0.25, 0.3) is 0 Å². The molecule has 0 unspecified atom stereocenters. The number of carboxylic acids is 1. The molecule has 0 spiro atoms. The van der Waals surface area contributed by atoms with Crippen LogP contribution in [0.15, 0.2) is 12.1 Å². The molecule has 0 fully saturated rings. The van der Waals surface area contributed by atoms with Crippen molar-refractivity contribution in [3.8, 4) is 0 Å². The SMILES string of the molecule is CC[C@@H](C(=O)[O-])[n+]1c(C)cc(C)cc1C. The first-order valence-electron chi connectivity index (χ1n) is 5.17. The number of aryl methyl sites for hydroxylation is 3. The van der Waals surface area contributed by atoms with E-state index in [1.54, 1.807) is 0 Å². The van der Waals surface area contributed by atoms with Gasteiger partial charge in [-0.15, -0.1) is 0 Å². The Morgan fingerprint density at radius 2 is 1.80 bits per heavy atom. The van der Waals surface area contributed by atoms with Crippen molar-refractivity contribution < 1.29 is 14.5 Å². The Kier molecular flexibility index (Phi) is 3.45. The lowest BCUT2D eigenvalue weighted by Crippen LogP contribution is -2.52. The van der Waals surface area contributed by atoms with E-state index in [1.165, 1.54) is 0 Å². The topological polar surface area (TPSA) is 44.0 Å². The van der Waals surface area contributed by atoms with Gasteiger partial charge in [-0.1, -0.05) is 6.92 Å². The highest BCUT2D eigenvalue weighted by molar-refractivity contribution is 5.67. The molecule has 1 rings (SSSR count). The van der Waals surface area contributed by atoms with Crippen molar-refractivity contribution in [2.75, 3.05) is 0 Å². The summed E-state index contributed by atoms with van der Waals surface area (Å²) >= 11 is 0. The van der Waals surface area contributed by atoms with E-state index in [9.17, 15) is 9.90 Å². The third-order valence-corrected chi connectivity index (χ3v) is 2.60. The minimum Gasteiger partial charge on any atom is -0.543 e. The van der Waals surface area contributed by atoms with E-state index in [-0.39, 0.29) is 0 Å². The second kappa shape index (κ2) is 4.43. The molecule has 0 radical (unpaired) electrons. The molecule has 1 atom stereocenters. The Morgan fingerprint density at radius 3 is 2.13 bits per heavy atom. The number of carbonyl (C=O) groups excluding carboxylic acids is 1. The molecular formula is C12H17NO2. The molecule has 82 valence electrons. The maximum Gasteiger partial charge on any atom is 0.197 e. The van der Waals surface area contributed by atoms with Crippen LogP contribution in [0.2, 0.25) is 0 Å². The molecule has 1 heterocycles. The standard InChI is InChI=1S/C12H17NO2/c1-5-11(12(14)15)13-9(3)6-8(2)7-10(13)4/h6-7,11H,5H2,1-4H3/t11-/m0/s1. The Morgan fingerprint density at radius 1 is 1.33 bits per heavy atom. The summed E-state index contributed by atoms with van der Waals surface area (Å²) in [6, 6.07) is 3.41. The zero-order chi connectivity index (χ0) is 11.6. The van der Waals surface area contributed by atoms with Crippen LogP contribution in [0.5, 0.6) is 0 Å². The van der Waals surface area contributed by atoms with Crippen molar-refractivity contribution >= 4 is 5.97 Å². The number of carboxylic acid groups (broad SMARTS) is 1. The molecule has 0 aliphatic heterocycles. The fraction of sp³-hybridized carbons (Fsp3) is 0.500. The zero-order valence-electron chi connectivity index (χ0n) is 9.70. The monoisotopic (exact) mass is 207 g/mol. The Hall–Kier alpha value is -1.38. The van der Waals surface area contributed by atoms with Crippen LogP contribution in [0.1, 0.15) is 36.3 Å². The number of nitrogens with zero attached hydrogens (tertiary/aromatic N) is 1. The van der Waals surface area contributed by atoms with Crippen LogP contribution in [0.25, 0.3) is 0 Å². The average Bonchev–Trinajstić information content (AvgIpc) is 2.09. The minimum absolute atomic E-state index is 0.539. The first kappa shape index (κ1) is 11.7. The molecule has 3 nitrogen and oxygen atoms in total. The summed E-state index contributed by atoms with van der Waals surface area (Å²) in [5.41, 5.74) is 3.07. The lowest BCUT2D eigenvalue weighted by molar-refractivity contribution is -0.727. The molecule has 1 aromatic rings. The fourth-order valence-corrected chi connectivity index (χ4v) is 2.06. The highest BCUT2D eigenvalue weighted by Crippen LogP contribution is 2.08. The highest BCUT2D eigenvalue weighted by atomic mass is 16.4. The van der Waals surface area contributed by atoms with Gasteiger partial charge in [-0.05, 0) is 12.5 Å². The number of hydrogen-bond donors (Lipinski definition) is 0. The summed E-state index contributed by atoms with van der Waals surface area (Å²) in [6.07, 6.45) is 0.539. The van der Waals surface area contributed by atoms with Crippen molar-refractivity contribution in [1.82, 2.24) is 0 Å². The molecule has 0 N–H and O–H groups in total. The van der Waals surface area contributed by atoms with E-state index in [0.29, 0.717) is 6.42 Å². The number of pyridine rings is 1. The van der Waals surface area contributed by atoms with Crippen molar-refractivity contribution in [1.29, 1.82) is 0 Å². The minimum atomic E-state index is -1.02. The molecule has 15 heavy (non-hydrogen) atoms. The van der Waals surface area contributed by atoms with E-state index >= 15 is 0 Å². The molecule has 1 aromatic heterocycles. The molecule has 0 saturated heterocycles. The van der Waals surface area contributed by atoms with Crippen LogP contribution in [-0.4, -0.2) is 5.97 Å². The molecule has 0 saturated carbocycles. The van der Waals surface area contributed by atoms with Crippen LogP contribution >= 0.6 is 0 Å². The summed E-state index contributed by atoms with van der Waals surface area (Å²) in [4.78, 5) is 11.0. The van der Waals surface area contributed by atoms with Gasteiger partial charge >= 0.3 is 0 Å². The van der Waals surface area contributed by atoms with Gasteiger partial charge in [0.15, 0.2) is 17.4 Å². The number of aromatic nitrogens is 1. The second-order valence-corrected chi connectivity index (χ2v) is 3.93. The quantitative estimate of drug-likeness (QED) is 0.681. The van der Waals surface area contributed by atoms with E-state index in [4.69, 9.17) is 0 Å². The van der Waals surface area contributed by atoms with Crippen molar-refractivity contribution in [3.05, 3.63) is 29.1 Å². The van der Waals surface area contributed by atoms with Gasteiger partial charge in [0.2, 0.25) is 0 Å². The molecular weight excluding hydrogens is 190 g/mol. The van der Waals surface area contributed by atoms with Crippen molar-refractivity contribution in [2.24, 2.45) is 0 Å². The molecule has 0 aliphatic carbocycles. The van der Waals surface area contributed by atoms with E-state index in [1.807, 2.05) is 44.4 Å². The molecule has 0 bridgehead atoms. The molecule has 0 aromatic carbocycles. The third-order valence-electron chi connectivity index (χ3n) is 2.60. The number of carbonyl (C=O) groups is 1. The summed E-state index contributed by atoms with van der Waals surface area (Å²) < 4.78 is 1.82. The van der Waals surface area contributed by atoms with Crippen LogP contribution in [-0.2, 0) is 4.79 Å². The summed E-state index contributed by atoms with van der Waals surface area (Å²) in [5, 5.41) is 11.0. The Bertz CT molecular complexity index is 362. The van der Waals surface area contributed by atoms with Gasteiger partial charge < -0.3 is 9.90 Å². The Balaban J connectivity index is 3.29. The van der Waals surface area contributed by atoms with Crippen LogP contribution in [0.3, 0.4) is 0 Å². The van der Waals surface area contributed by atoms with Gasteiger partial charge in [-0.2, -0.15) is 4.57 Å². The number of hydrogen-bond acceptors (Lipinski definition) is 2. The van der Waals surface area contributed by atoms with E-state index in [2.05, 4.69) is 0 Å². The third kappa shape index (κ3) is 2.35. The first-order valence-corrected chi connectivity index (χ1v) is 5.17. The molecule has 0 amide bonds. The normalized spacial score (nSPS) is 12.5. The van der Waals surface area contributed by atoms with Gasteiger partial charge in [0.1, 0.15) is 5.97 Å². The van der Waals surface area contributed by atoms with Gasteiger partial charge in [-0.3, -0.25) is 0 Å². The summed E-state index contributed by atoms with van der Waals surface area (Å²) in [7, 11) is 0. The van der Waals surface area contributed by atoms with Gasteiger partial charge in [0.05, 0.1) is 0 Å². The van der Waals surface area contributed by atoms with Crippen LogP contribution in [0, 0.1) is 20.8 Å². The summed E-state index contributed by atoms with van der Waals surface area (Å²) in [5.74, 6) is -1.02. The van der Waals surface area contributed by atoms with E-state index < -0.39 is 12.0 Å². The van der Waals surface area contributed by atoms with Gasteiger partial charge in [0, 0.05) is 32.4 Å². The Labute approximate surface area is 90.4 Å². The second-order valence-electron chi connectivity index (χ2n) is 3.93. The van der Waals surface area contributed by atoms with Crippen LogP contribution in [0.4, 0.5) is 0 Å². The molecule has 0 aliphatic rings. The lowest BCUT2D eigenvalue weighted by Gasteiger charge is -2.15. The molecule has 3 heteroatoms. The summed E-state index contributed by atoms with van der Waals surface area (Å²) in [6.45, 7) is 7.70. The predicted octanol–water partition coefficient (Wildman–Crippen LogP) is 0.600. The fourth-order valence-electron chi connectivity index (χ4n) is 2.06. The maximum atomic E-state index is 11.0. The van der Waals surface area contributed by atoms with Gasteiger partial charge in [-0.25, -0.2) is 0 Å². The smallest absolute Gasteiger partial charge is 0.197 e.